The molecule has 11 rings (SSSR count). The van der Waals surface area contributed by atoms with Crippen molar-refractivity contribution in [3.8, 4) is 17.2 Å². The Morgan fingerprint density at radius 3 is 1.79 bits per heavy atom. The molecule has 6 atom stereocenters. The molecule has 3 amide bonds. The summed E-state index contributed by atoms with van der Waals surface area (Å²) >= 11 is 0. The van der Waals surface area contributed by atoms with Gasteiger partial charge in [-0.1, -0.05) is 44.2 Å². The molecule has 6 aliphatic heterocycles. The molecule has 0 spiro atoms. The minimum absolute atomic E-state index is 0.0449. The number of carbonyl (C=O) groups is 3. The van der Waals surface area contributed by atoms with Crippen molar-refractivity contribution >= 4 is 46.7 Å². The molecule has 6 aliphatic rings. The van der Waals surface area contributed by atoms with Gasteiger partial charge in [-0.25, -0.2) is 14.4 Å². The molecule has 6 heterocycles. The molecule has 5 aromatic carbocycles. The van der Waals surface area contributed by atoms with Crippen molar-refractivity contribution < 1.29 is 28.6 Å². The highest BCUT2D eigenvalue weighted by Gasteiger charge is 2.59. The highest BCUT2D eigenvalue weighted by atomic mass is 16.6. The first-order chi connectivity index (χ1) is 35.3. The fourth-order valence-electron chi connectivity index (χ4n) is 13.8. The van der Waals surface area contributed by atoms with Gasteiger partial charge in [0.2, 0.25) is 0 Å². The minimum Gasteiger partial charge on any atom is -0.410 e. The monoisotopic (exact) mass is 988 g/mol. The largest absolute Gasteiger partial charge is 0.417 e. The molecular weight excluding hydrogens is 919 g/mol. The quantitative estimate of drug-likeness (QED) is 0.104. The van der Waals surface area contributed by atoms with E-state index >= 15 is 0 Å². The second kappa shape index (κ2) is 19.2. The lowest BCUT2D eigenvalue weighted by Gasteiger charge is -2.41. The Kier molecular flexibility index (Phi) is 12.8. The Labute approximate surface area is 429 Å². The van der Waals surface area contributed by atoms with Crippen molar-refractivity contribution in [2.75, 3.05) is 92.8 Å². The Balaban J connectivity index is 0.906. The van der Waals surface area contributed by atoms with Gasteiger partial charge in [0.15, 0.2) is 0 Å². The predicted octanol–water partition coefficient (Wildman–Crippen LogP) is 9.95. The molecule has 0 aromatic heterocycles. The van der Waals surface area contributed by atoms with Crippen LogP contribution in [0.2, 0.25) is 0 Å². The molecule has 0 bridgehead atoms. The van der Waals surface area contributed by atoms with Gasteiger partial charge in [-0.15, -0.1) is 0 Å². The maximum Gasteiger partial charge on any atom is 0.417 e. The number of para-hydroxylation sites is 1. The van der Waals surface area contributed by atoms with E-state index in [0.29, 0.717) is 47.0 Å². The van der Waals surface area contributed by atoms with Crippen molar-refractivity contribution in [3.05, 3.63) is 131 Å². The van der Waals surface area contributed by atoms with Gasteiger partial charge in [0.1, 0.15) is 17.2 Å². The van der Waals surface area contributed by atoms with Crippen molar-refractivity contribution in [3.63, 3.8) is 0 Å². The number of rotatable bonds is 13. The smallest absolute Gasteiger partial charge is 0.410 e. The zero-order chi connectivity index (χ0) is 50.8. The first kappa shape index (κ1) is 48.5. The summed E-state index contributed by atoms with van der Waals surface area (Å²) in [4.78, 5) is 54.4. The van der Waals surface area contributed by atoms with Crippen molar-refractivity contribution in [1.29, 1.82) is 0 Å². The summed E-state index contributed by atoms with van der Waals surface area (Å²) in [7, 11) is 8.89. The summed E-state index contributed by atoms with van der Waals surface area (Å²) in [5.41, 5.74) is 9.17. The first-order valence-electron chi connectivity index (χ1n) is 26.1. The molecule has 0 saturated carbocycles. The third-order valence-corrected chi connectivity index (χ3v) is 17.0. The summed E-state index contributed by atoms with van der Waals surface area (Å²) in [6.45, 7) is 11.1. The molecule has 0 radical (unpaired) electrons. The van der Waals surface area contributed by atoms with Gasteiger partial charge in [0.25, 0.3) is 0 Å². The lowest BCUT2D eigenvalue weighted by Crippen LogP contribution is -2.52. The lowest BCUT2D eigenvalue weighted by atomic mass is 9.75. The van der Waals surface area contributed by atoms with E-state index in [1.807, 2.05) is 79.7 Å². The number of amides is 3. The van der Waals surface area contributed by atoms with Crippen LogP contribution < -0.4 is 44.9 Å². The maximum atomic E-state index is 13.4. The zero-order valence-corrected chi connectivity index (χ0v) is 43.2. The molecule has 15 heteroatoms. The van der Waals surface area contributed by atoms with Crippen LogP contribution in [0.5, 0.6) is 17.2 Å². The molecule has 5 aromatic rings. The van der Waals surface area contributed by atoms with Gasteiger partial charge in [-0.05, 0) is 167 Å². The van der Waals surface area contributed by atoms with Gasteiger partial charge in [-0.3, -0.25) is 25.3 Å². The van der Waals surface area contributed by atoms with Crippen LogP contribution in [0, 0.1) is 0 Å². The summed E-state index contributed by atoms with van der Waals surface area (Å²) in [6.07, 6.45) is 3.51. The van der Waals surface area contributed by atoms with Crippen LogP contribution in [0.1, 0.15) is 87.0 Å². The number of carbonyl (C=O) groups excluding carboxylic acids is 3. The van der Waals surface area contributed by atoms with Crippen LogP contribution in [0.15, 0.2) is 109 Å². The standard InChI is InChI=1S/C58H69N9O6/c1-8-59-54(68)71-41-18-21-48-45(34-41)44-24-29-62(4)51(44)66(48)32-27-58-26-31-64(6)53(58)67(50-23-20-43(36-47(50)58)73-55(69)60-39-12-10-9-11-13-39)33-28-57-25-30-63(5)52(57)65(7)49-22-19-42(35-46(49)57)72-56(70)61-40-16-14-38(15-17-40)37(2)3/h9-23,34-37,44,51-53H,8,24-33H2,1-7H3,(H,59,68)(H,60,69)(H,61,70). The number of anilines is 5. The van der Waals surface area contributed by atoms with Gasteiger partial charge in [0, 0.05) is 91.5 Å². The Morgan fingerprint density at radius 1 is 0.603 bits per heavy atom. The average Bonchev–Trinajstić information content (AvgIpc) is 4.19. The fourth-order valence-corrected chi connectivity index (χ4v) is 13.8. The van der Waals surface area contributed by atoms with Crippen molar-refractivity contribution in [1.82, 2.24) is 20.0 Å². The Hall–Kier alpha value is -6.81. The zero-order valence-electron chi connectivity index (χ0n) is 43.2. The van der Waals surface area contributed by atoms with Crippen LogP contribution in [-0.4, -0.2) is 119 Å². The second-order valence-corrected chi connectivity index (χ2v) is 21.5. The number of nitrogens with one attached hydrogen (secondary N) is 3. The summed E-state index contributed by atoms with van der Waals surface area (Å²) in [5, 5.41) is 8.59. The third-order valence-electron chi connectivity index (χ3n) is 17.0. The lowest BCUT2D eigenvalue weighted by molar-refractivity contribution is 0.201. The minimum atomic E-state index is -0.532. The molecule has 3 saturated heterocycles. The van der Waals surface area contributed by atoms with Crippen LogP contribution in [0.4, 0.5) is 42.8 Å². The van der Waals surface area contributed by atoms with E-state index in [2.05, 4.69) is 124 Å². The van der Waals surface area contributed by atoms with Crippen molar-refractivity contribution in [2.45, 2.75) is 94.0 Å². The summed E-state index contributed by atoms with van der Waals surface area (Å²) < 4.78 is 17.9. The van der Waals surface area contributed by atoms with Crippen LogP contribution in [0.25, 0.3) is 0 Å². The molecule has 73 heavy (non-hydrogen) atoms. The molecule has 6 unspecified atom stereocenters. The molecule has 15 nitrogen and oxygen atoms in total. The van der Waals surface area contributed by atoms with E-state index in [1.165, 1.54) is 33.6 Å². The third kappa shape index (κ3) is 8.58. The highest BCUT2D eigenvalue weighted by molar-refractivity contribution is 5.87. The topological polar surface area (TPSA) is 134 Å². The molecule has 3 fully saturated rings. The number of nitrogens with zero attached hydrogens (tertiary/aromatic N) is 6. The van der Waals surface area contributed by atoms with Gasteiger partial charge in [-0.2, -0.15) is 0 Å². The maximum absolute atomic E-state index is 13.4. The van der Waals surface area contributed by atoms with Gasteiger partial charge in [0.05, 0.1) is 18.5 Å². The second-order valence-electron chi connectivity index (χ2n) is 21.5. The van der Waals surface area contributed by atoms with E-state index in [4.69, 9.17) is 14.2 Å². The summed E-state index contributed by atoms with van der Waals surface area (Å²) in [6, 6.07) is 35.8. The number of hydrogen-bond donors (Lipinski definition) is 3. The predicted molar refractivity (Wildman–Crippen MR) is 287 cm³/mol. The number of fused-ring (bicyclic) bond motifs is 9. The van der Waals surface area contributed by atoms with Gasteiger partial charge >= 0.3 is 18.3 Å². The molecule has 0 aliphatic carbocycles. The van der Waals surface area contributed by atoms with E-state index in [1.54, 1.807) is 0 Å². The van der Waals surface area contributed by atoms with Gasteiger partial charge < -0.3 is 34.2 Å². The SMILES string of the molecule is CCNC(=O)Oc1ccc2c(c1)C1CCN(C)C1N2CCC12CCN(C)C1N(CCC13CCN(C)C1N(C)c1ccc(OC(=O)Nc4ccc(C(C)C)cc4)cc13)c1ccc(OC(=O)Nc3ccccc3)cc12. The van der Waals surface area contributed by atoms with Crippen molar-refractivity contribution in [2.24, 2.45) is 0 Å². The number of hydrogen-bond acceptors (Lipinski definition) is 12. The number of ether oxygens (including phenoxy) is 3. The van der Waals surface area contributed by atoms with E-state index in [9.17, 15) is 14.4 Å². The molecule has 3 N–H and O–H groups in total. The van der Waals surface area contributed by atoms with E-state index < -0.39 is 18.3 Å². The van der Waals surface area contributed by atoms with Crippen LogP contribution >= 0.6 is 0 Å². The highest BCUT2D eigenvalue weighted by Crippen LogP contribution is 2.58. The van der Waals surface area contributed by atoms with E-state index in [-0.39, 0.29) is 29.3 Å². The average molecular weight is 988 g/mol. The normalized spacial score (nSPS) is 24.7. The van der Waals surface area contributed by atoms with Crippen LogP contribution in [-0.2, 0) is 10.8 Å². The molecule has 382 valence electrons. The number of likely N-dealkylation sites (tertiary alicyclic amines) is 3. The molecular formula is C58H69N9O6. The van der Waals surface area contributed by atoms with Crippen LogP contribution in [0.3, 0.4) is 0 Å². The Morgan fingerprint density at radius 2 is 1.15 bits per heavy atom. The fraction of sp³-hybridized carbons (Fsp3) is 0.431. The van der Waals surface area contributed by atoms with E-state index in [0.717, 1.165) is 70.5 Å². The summed E-state index contributed by atoms with van der Waals surface area (Å²) in [5.74, 6) is 2.28. The Bertz CT molecular complexity index is 2900. The first-order valence-corrected chi connectivity index (χ1v) is 26.1. The number of likely N-dealkylation sites (N-methyl/N-ethyl adjacent to an activating group) is 4. The number of benzene rings is 5.